The van der Waals surface area contributed by atoms with E-state index in [4.69, 9.17) is 5.73 Å². The number of hydrogen-bond acceptors (Lipinski definition) is 5. The molecule has 0 bridgehead atoms. The Kier molecular flexibility index (Phi) is 4.38. The molecular formula is C10H11Br2N5O2. The van der Waals surface area contributed by atoms with Crippen LogP contribution in [0.15, 0.2) is 15.0 Å². The first-order valence-corrected chi connectivity index (χ1v) is 7.09. The van der Waals surface area contributed by atoms with Crippen LogP contribution in [-0.4, -0.2) is 28.0 Å². The van der Waals surface area contributed by atoms with E-state index < -0.39 is 4.92 Å². The first-order chi connectivity index (χ1) is 9.04. The molecule has 1 aromatic heterocycles. The van der Waals surface area contributed by atoms with E-state index in [0.29, 0.717) is 39.0 Å². The van der Waals surface area contributed by atoms with Gasteiger partial charge in [-0.05, 0) is 50.9 Å². The summed E-state index contributed by atoms with van der Waals surface area (Å²) in [5.41, 5.74) is 6.25. The van der Waals surface area contributed by atoms with E-state index in [2.05, 4.69) is 47.1 Å². The highest BCUT2D eigenvalue weighted by Gasteiger charge is 2.23. The number of benzene rings is 1. The first-order valence-electron chi connectivity index (χ1n) is 5.50. The molecule has 0 amide bonds. The second-order valence-electron chi connectivity index (χ2n) is 3.83. The summed E-state index contributed by atoms with van der Waals surface area (Å²) in [4.78, 5) is 17.9. The third-order valence-corrected chi connectivity index (χ3v) is 4.46. The number of hydrogen-bond donors (Lipinski definition) is 3. The van der Waals surface area contributed by atoms with Crippen LogP contribution in [0.2, 0.25) is 0 Å². The van der Waals surface area contributed by atoms with Gasteiger partial charge in [-0.25, -0.2) is 4.98 Å². The molecule has 0 spiro atoms. The number of rotatable bonds is 5. The van der Waals surface area contributed by atoms with Crippen molar-refractivity contribution in [3.63, 3.8) is 0 Å². The van der Waals surface area contributed by atoms with Crippen LogP contribution in [0, 0.1) is 10.1 Å². The number of nitrogens with one attached hydrogen (secondary N) is 2. The van der Waals surface area contributed by atoms with Crippen LogP contribution < -0.4 is 11.1 Å². The van der Waals surface area contributed by atoms with Gasteiger partial charge in [0.2, 0.25) is 5.95 Å². The molecule has 0 aliphatic rings. The summed E-state index contributed by atoms with van der Waals surface area (Å²) in [5.74, 6) is 0.497. The Morgan fingerprint density at radius 2 is 2.26 bits per heavy atom. The zero-order chi connectivity index (χ0) is 14.0. The Morgan fingerprint density at radius 1 is 1.53 bits per heavy atom. The minimum atomic E-state index is -0.457. The van der Waals surface area contributed by atoms with Crippen LogP contribution in [-0.2, 0) is 0 Å². The number of aromatic nitrogens is 2. The molecule has 0 aliphatic carbocycles. The fourth-order valence-corrected chi connectivity index (χ4v) is 2.50. The molecule has 0 unspecified atom stereocenters. The fourth-order valence-electron chi connectivity index (χ4n) is 1.64. The van der Waals surface area contributed by atoms with Crippen molar-refractivity contribution in [3.8, 4) is 0 Å². The van der Waals surface area contributed by atoms with Crippen molar-refractivity contribution in [3.05, 3.63) is 25.1 Å². The molecule has 0 saturated carbocycles. The highest BCUT2D eigenvalue weighted by Crippen LogP contribution is 2.38. The highest BCUT2D eigenvalue weighted by molar-refractivity contribution is 9.13. The van der Waals surface area contributed by atoms with Crippen molar-refractivity contribution in [2.24, 2.45) is 5.73 Å². The lowest BCUT2D eigenvalue weighted by Gasteiger charge is -1.98. The number of nitrogens with two attached hydrogens (primary N) is 1. The molecule has 7 nitrogen and oxygen atoms in total. The van der Waals surface area contributed by atoms with Gasteiger partial charge in [0, 0.05) is 11.0 Å². The van der Waals surface area contributed by atoms with Gasteiger partial charge < -0.3 is 16.0 Å². The Bertz CT molecular complexity index is 628. The number of nitrogens with zero attached hydrogens (tertiary/aromatic N) is 2. The maximum absolute atomic E-state index is 11.1. The van der Waals surface area contributed by atoms with Crippen molar-refractivity contribution in [1.29, 1.82) is 0 Å². The highest BCUT2D eigenvalue weighted by atomic mass is 79.9. The number of nitro benzene ring substituents is 1. The molecule has 4 N–H and O–H groups in total. The molecule has 102 valence electrons. The number of aromatic amines is 1. The molecule has 0 fully saturated rings. The summed E-state index contributed by atoms with van der Waals surface area (Å²) in [6, 6.07) is 1.74. The van der Waals surface area contributed by atoms with Crippen LogP contribution >= 0.6 is 31.9 Å². The minimum Gasteiger partial charge on any atom is -0.356 e. The van der Waals surface area contributed by atoms with Crippen LogP contribution in [0.25, 0.3) is 11.0 Å². The lowest BCUT2D eigenvalue weighted by Crippen LogP contribution is -2.09. The maximum atomic E-state index is 11.1. The Hall–Kier alpha value is -1.19. The van der Waals surface area contributed by atoms with Gasteiger partial charge in [0.15, 0.2) is 5.52 Å². The van der Waals surface area contributed by atoms with Gasteiger partial charge in [-0.2, -0.15) is 0 Å². The van der Waals surface area contributed by atoms with Gasteiger partial charge in [-0.1, -0.05) is 0 Å². The second-order valence-corrected chi connectivity index (χ2v) is 5.48. The average molecular weight is 393 g/mol. The van der Waals surface area contributed by atoms with Crippen LogP contribution in [0.3, 0.4) is 0 Å². The van der Waals surface area contributed by atoms with Gasteiger partial charge in [0.25, 0.3) is 0 Å². The third kappa shape index (κ3) is 2.88. The monoisotopic (exact) mass is 391 g/mol. The Labute approximate surface area is 125 Å². The van der Waals surface area contributed by atoms with Gasteiger partial charge >= 0.3 is 5.69 Å². The SMILES string of the molecule is NCCCNc1nc2c([N+](=O)[O-])c(Br)c(Br)cc2[nH]1. The number of fused-ring (bicyclic) bond motifs is 1. The molecule has 1 aromatic carbocycles. The summed E-state index contributed by atoms with van der Waals surface area (Å²) in [5, 5.41) is 14.2. The van der Waals surface area contributed by atoms with Gasteiger partial charge in [-0.15, -0.1) is 0 Å². The molecule has 0 radical (unpaired) electrons. The molecule has 2 aromatic rings. The van der Waals surface area contributed by atoms with Crippen LogP contribution in [0.1, 0.15) is 6.42 Å². The van der Waals surface area contributed by atoms with Crippen molar-refractivity contribution in [2.75, 3.05) is 18.4 Å². The van der Waals surface area contributed by atoms with E-state index in [0.717, 1.165) is 6.42 Å². The normalized spacial score (nSPS) is 10.9. The van der Waals surface area contributed by atoms with E-state index in [9.17, 15) is 10.1 Å². The summed E-state index contributed by atoms with van der Waals surface area (Å²) >= 11 is 6.47. The molecule has 2 rings (SSSR count). The average Bonchev–Trinajstić information content (AvgIpc) is 2.72. The molecule has 19 heavy (non-hydrogen) atoms. The lowest BCUT2D eigenvalue weighted by atomic mass is 10.3. The third-order valence-electron chi connectivity index (χ3n) is 2.50. The molecule has 0 saturated heterocycles. The van der Waals surface area contributed by atoms with E-state index in [1.807, 2.05) is 0 Å². The van der Waals surface area contributed by atoms with Gasteiger partial charge in [0.05, 0.1) is 10.4 Å². The van der Waals surface area contributed by atoms with E-state index >= 15 is 0 Å². The topological polar surface area (TPSA) is 110 Å². The van der Waals surface area contributed by atoms with E-state index in [1.165, 1.54) is 0 Å². The molecule has 1 heterocycles. The van der Waals surface area contributed by atoms with Gasteiger partial charge in [0.1, 0.15) is 4.47 Å². The van der Waals surface area contributed by atoms with E-state index in [1.54, 1.807) is 6.07 Å². The second kappa shape index (κ2) is 5.85. The number of H-pyrrole nitrogens is 1. The zero-order valence-corrected chi connectivity index (χ0v) is 12.9. The quantitative estimate of drug-likeness (QED) is 0.411. The summed E-state index contributed by atoms with van der Waals surface area (Å²) in [7, 11) is 0. The molecule has 9 heteroatoms. The van der Waals surface area contributed by atoms with Gasteiger partial charge in [-0.3, -0.25) is 10.1 Å². The molecular weight excluding hydrogens is 382 g/mol. The Morgan fingerprint density at radius 3 is 2.89 bits per heavy atom. The minimum absolute atomic E-state index is 0.0625. The predicted molar refractivity (Wildman–Crippen MR) is 80.3 cm³/mol. The summed E-state index contributed by atoms with van der Waals surface area (Å²) in [6.45, 7) is 1.23. The number of imidazole rings is 1. The van der Waals surface area contributed by atoms with Crippen molar-refractivity contribution >= 4 is 54.5 Å². The summed E-state index contributed by atoms with van der Waals surface area (Å²) in [6.07, 6.45) is 0.798. The van der Waals surface area contributed by atoms with Crippen LogP contribution in [0.5, 0.6) is 0 Å². The predicted octanol–water partition coefficient (Wildman–Crippen LogP) is 2.76. The van der Waals surface area contributed by atoms with Crippen molar-refractivity contribution in [2.45, 2.75) is 6.42 Å². The largest absolute Gasteiger partial charge is 0.356 e. The zero-order valence-electron chi connectivity index (χ0n) is 9.74. The van der Waals surface area contributed by atoms with Crippen molar-refractivity contribution < 1.29 is 4.92 Å². The smallest absolute Gasteiger partial charge is 0.312 e. The van der Waals surface area contributed by atoms with Crippen molar-refractivity contribution in [1.82, 2.24) is 9.97 Å². The Balaban J connectivity index is 2.46. The number of anilines is 1. The summed E-state index contributed by atoms with van der Waals surface area (Å²) < 4.78 is 0.980. The molecule has 0 atom stereocenters. The van der Waals surface area contributed by atoms with Crippen LogP contribution in [0.4, 0.5) is 11.6 Å². The number of nitro groups is 1. The fraction of sp³-hybridized carbons (Fsp3) is 0.300. The standard InChI is InChI=1S/C10H11Br2N5O2/c11-5-4-6-8(9(7(5)12)17(18)19)16-10(15-6)14-3-1-2-13/h4H,1-3,13H2,(H2,14,15,16). The number of halogens is 2. The molecule has 0 aliphatic heterocycles. The lowest BCUT2D eigenvalue weighted by molar-refractivity contribution is -0.384. The first kappa shape index (κ1) is 14.2. The maximum Gasteiger partial charge on any atom is 0.312 e. The van der Waals surface area contributed by atoms with E-state index in [-0.39, 0.29) is 5.69 Å².